The van der Waals surface area contributed by atoms with Gasteiger partial charge < -0.3 is 91.5 Å². The summed E-state index contributed by atoms with van der Waals surface area (Å²) < 4.78 is 0. The molecule has 33 nitrogen and oxygen atoms in total. The van der Waals surface area contributed by atoms with Crippen molar-refractivity contribution in [3.05, 3.63) is 0 Å². The largest absolute Gasteiger partial charge is 0.481 e. The number of hydrogen-bond acceptors (Lipinski definition) is 18. The summed E-state index contributed by atoms with van der Waals surface area (Å²) in [6, 6.07) is -6.07. The molecule has 0 aromatic carbocycles. The topological polar surface area (TPSA) is 596 Å². The van der Waals surface area contributed by atoms with E-state index in [2.05, 4.69) is 47.9 Å². The van der Waals surface area contributed by atoms with Crippen LogP contribution in [0.3, 0.4) is 0 Å². The fourth-order valence-corrected chi connectivity index (χ4v) is 10.6. The zero-order chi connectivity index (χ0) is 73.0. The molecular formula is C63H112N18O15. The minimum atomic E-state index is -1.48. The lowest BCUT2D eigenvalue weighted by Crippen LogP contribution is -2.49. The molecule has 0 unspecified atom stereocenters. The smallest absolute Gasteiger partial charge is 0.303 e. The lowest BCUT2D eigenvalue weighted by Gasteiger charge is -2.27. The van der Waals surface area contributed by atoms with Gasteiger partial charge in [0, 0.05) is 108 Å². The molecule has 33 heteroatoms. The van der Waals surface area contributed by atoms with Crippen molar-refractivity contribution in [3.63, 3.8) is 0 Å². The van der Waals surface area contributed by atoms with Gasteiger partial charge in [-0.3, -0.25) is 79.2 Å². The number of hydrogen-bond donors (Lipinski definition) is 20. The summed E-state index contributed by atoms with van der Waals surface area (Å²) in [6.07, 6.45) is -1.67. The Morgan fingerprint density at radius 1 is 0.406 bits per heavy atom. The van der Waals surface area contributed by atoms with Gasteiger partial charge in [-0.1, -0.05) is 41.0 Å². The Morgan fingerprint density at radius 2 is 0.781 bits per heavy atom. The van der Waals surface area contributed by atoms with Crippen LogP contribution in [-0.4, -0.2) is 173 Å². The standard InChI is InChI=1S/C63H112N18O15/c1-7-37(5)42(35-52(87)45(19-14-30-76-63(71)72)80-58(95)41(32-38(6)82)20-24-54(89)90)59(96)81-46(21-25-55(91)92)49(84)22-23-53(88)77-47(31-36(3)4)51(86)34-40(16-12-28-74-61(67)68)57(94)79-44(17-9-10-26-64)50(85)33-39(15-11-27-73-60(65)66)56(93)78-43(48(83)8-2)18-13-29-75-62(69)70/h36-37,39-47H,7-35,64H2,1-6H3,(H,77,88)(H,78,93)(H,79,94)(H,80,95)(H,81,96)(H,89,90)(H,91,92)(H4,65,66,73)(H4,67,68,74)(H4,69,70,75)(H4,71,72,76)/t37-,39+,40+,41+,42-,43-,44-,45-,46-,47-/m0/s1. The average molecular weight is 1360 g/mol. The fourth-order valence-electron chi connectivity index (χ4n) is 10.6. The van der Waals surface area contributed by atoms with Gasteiger partial charge in [-0.2, -0.15) is 0 Å². The molecule has 0 fully saturated rings. The average Bonchev–Trinajstić information content (AvgIpc) is 1.09. The number of nitrogens with two attached hydrogens (primary N) is 5. The molecule has 0 rings (SSSR count). The van der Waals surface area contributed by atoms with Crippen LogP contribution in [0, 0.1) is 57.1 Å². The van der Waals surface area contributed by atoms with Crippen LogP contribution in [0.1, 0.15) is 196 Å². The van der Waals surface area contributed by atoms with Crippen molar-refractivity contribution >= 4 is 100 Å². The van der Waals surface area contributed by atoms with Crippen LogP contribution in [0.4, 0.5) is 0 Å². The number of nitrogens with one attached hydrogen (secondary N) is 13. The molecule has 0 saturated carbocycles. The second-order valence-corrected chi connectivity index (χ2v) is 24.9. The molecule has 0 spiro atoms. The van der Waals surface area contributed by atoms with E-state index in [1.165, 1.54) is 6.92 Å². The summed E-state index contributed by atoms with van der Waals surface area (Å²) >= 11 is 0. The normalized spacial score (nSPS) is 14.2. The molecule has 25 N–H and O–H groups in total. The second kappa shape index (κ2) is 49.0. The molecule has 0 bridgehead atoms. The highest BCUT2D eigenvalue weighted by atomic mass is 16.4. The van der Waals surface area contributed by atoms with Crippen LogP contribution in [0.5, 0.6) is 0 Å². The van der Waals surface area contributed by atoms with E-state index in [4.69, 9.17) is 50.3 Å². The van der Waals surface area contributed by atoms with E-state index in [1.54, 1.807) is 34.6 Å². The SMILES string of the molecule is CCC(=O)[C@H](CCCNC(=N)N)NC(=O)[C@H](CCCNC(=N)N)CC(=O)[C@H](CCCCN)NC(=O)[C@H](CCCNC(=N)N)CC(=O)[C@H](CC(C)C)NC(=O)CCC(=O)[C@H](CCC(=O)O)NC(=O)[C@@H](CC(=O)[C@H](CCCNC(=N)N)NC(=O)[C@H](CCC(=O)O)CC(C)=O)[C@@H](C)CC. The third kappa shape index (κ3) is 39.9. The highest BCUT2D eigenvalue weighted by molar-refractivity contribution is 5.98. The zero-order valence-electron chi connectivity index (χ0n) is 56.9. The summed E-state index contributed by atoms with van der Waals surface area (Å²) in [5.41, 5.74) is 27.7. The Labute approximate surface area is 562 Å². The van der Waals surface area contributed by atoms with Crippen molar-refractivity contribution < 1.29 is 72.5 Å². The molecule has 5 amide bonds. The Bertz CT molecular complexity index is 2620. The van der Waals surface area contributed by atoms with Crippen LogP contribution in [0.25, 0.3) is 0 Å². The van der Waals surface area contributed by atoms with Crippen LogP contribution in [0.2, 0.25) is 0 Å². The Kier molecular flexibility index (Phi) is 44.5. The predicted octanol–water partition coefficient (Wildman–Crippen LogP) is 0.0642. The van der Waals surface area contributed by atoms with Gasteiger partial charge >= 0.3 is 11.9 Å². The molecule has 0 aromatic rings. The molecule has 0 aliphatic carbocycles. The lowest BCUT2D eigenvalue weighted by atomic mass is 9.84. The number of aliphatic carboxylic acids is 2. The fraction of sp³-hybridized carbons (Fsp3) is 0.730. The van der Waals surface area contributed by atoms with Crippen molar-refractivity contribution in [2.75, 3.05) is 32.7 Å². The highest BCUT2D eigenvalue weighted by Crippen LogP contribution is 2.25. The monoisotopic (exact) mass is 1360 g/mol. The van der Waals surface area contributed by atoms with Crippen molar-refractivity contribution in [2.45, 2.75) is 226 Å². The molecule has 0 aromatic heterocycles. The molecule has 0 aliphatic rings. The highest BCUT2D eigenvalue weighted by Gasteiger charge is 2.37. The Balaban J connectivity index is 6.94. The van der Waals surface area contributed by atoms with E-state index in [0.717, 1.165) is 0 Å². The molecule has 0 radical (unpaired) electrons. The van der Waals surface area contributed by atoms with Crippen LogP contribution < -0.4 is 76.5 Å². The Hall–Kier alpha value is -8.65. The van der Waals surface area contributed by atoms with Gasteiger partial charge in [-0.25, -0.2) is 0 Å². The molecule has 0 aliphatic heterocycles. The van der Waals surface area contributed by atoms with Crippen LogP contribution in [-0.2, 0) is 62.3 Å². The van der Waals surface area contributed by atoms with E-state index in [-0.39, 0.29) is 152 Å². The first-order valence-electron chi connectivity index (χ1n) is 33.2. The summed E-state index contributed by atoms with van der Waals surface area (Å²) in [5.74, 6) is -15.8. The van der Waals surface area contributed by atoms with Crippen molar-refractivity contribution in [1.29, 1.82) is 21.6 Å². The van der Waals surface area contributed by atoms with Crippen LogP contribution in [0.15, 0.2) is 0 Å². The van der Waals surface area contributed by atoms with E-state index in [1.807, 2.05) is 0 Å². The first kappa shape index (κ1) is 87.3. The van der Waals surface area contributed by atoms with E-state index >= 15 is 0 Å². The van der Waals surface area contributed by atoms with Gasteiger partial charge in [0.2, 0.25) is 29.5 Å². The van der Waals surface area contributed by atoms with Gasteiger partial charge in [0.15, 0.2) is 52.8 Å². The summed E-state index contributed by atoms with van der Waals surface area (Å²) in [4.78, 5) is 176. The number of Topliss-reactive ketones (excluding diaryl/α,β-unsaturated/α-hetero) is 6. The van der Waals surface area contributed by atoms with Gasteiger partial charge in [0.25, 0.3) is 0 Å². The maximum absolute atomic E-state index is 14.6. The zero-order valence-corrected chi connectivity index (χ0v) is 56.9. The molecule has 0 heterocycles. The predicted molar refractivity (Wildman–Crippen MR) is 359 cm³/mol. The number of carboxylic acid groups (broad SMARTS) is 2. The maximum Gasteiger partial charge on any atom is 0.303 e. The van der Waals surface area contributed by atoms with Crippen LogP contribution >= 0.6 is 0 Å². The molecule has 0 saturated heterocycles. The minimum absolute atomic E-state index is 0.0206. The summed E-state index contributed by atoms with van der Waals surface area (Å²) in [5, 5.41) is 73.2. The minimum Gasteiger partial charge on any atom is -0.481 e. The number of amides is 5. The summed E-state index contributed by atoms with van der Waals surface area (Å²) in [7, 11) is 0. The quantitative estimate of drug-likeness (QED) is 0.0218. The van der Waals surface area contributed by atoms with Gasteiger partial charge in [0.05, 0.1) is 30.2 Å². The Morgan fingerprint density at radius 3 is 1.18 bits per heavy atom. The van der Waals surface area contributed by atoms with Crippen molar-refractivity contribution in [2.24, 2.45) is 64.2 Å². The molecule has 96 heavy (non-hydrogen) atoms. The van der Waals surface area contributed by atoms with E-state index in [9.17, 15) is 72.5 Å². The van der Waals surface area contributed by atoms with Crippen molar-refractivity contribution in [3.8, 4) is 0 Å². The van der Waals surface area contributed by atoms with Gasteiger partial charge in [-0.05, 0) is 115 Å². The maximum atomic E-state index is 14.6. The second-order valence-electron chi connectivity index (χ2n) is 24.9. The number of carbonyl (C=O) groups is 13. The number of unbranched alkanes of at least 4 members (excludes halogenated alkanes) is 1. The molecule has 544 valence electrons. The van der Waals surface area contributed by atoms with Gasteiger partial charge in [0.1, 0.15) is 5.78 Å². The first-order valence-corrected chi connectivity index (χ1v) is 33.2. The third-order valence-corrected chi connectivity index (χ3v) is 16.2. The van der Waals surface area contributed by atoms with Gasteiger partial charge in [-0.15, -0.1) is 0 Å². The summed E-state index contributed by atoms with van der Waals surface area (Å²) in [6.45, 7) is 10.8. The number of carboxylic acids is 2. The van der Waals surface area contributed by atoms with E-state index < -0.39 is 175 Å². The lowest BCUT2D eigenvalue weighted by molar-refractivity contribution is -0.139. The van der Waals surface area contributed by atoms with Crippen molar-refractivity contribution in [1.82, 2.24) is 47.9 Å². The third-order valence-electron chi connectivity index (χ3n) is 16.2. The number of guanidine groups is 4. The number of rotatable bonds is 56. The van der Waals surface area contributed by atoms with E-state index in [0.29, 0.717) is 25.7 Å². The molecular weight excluding hydrogens is 1250 g/mol. The number of carbonyl (C=O) groups excluding carboxylic acids is 11. The number of ketones is 6. The molecule has 10 atom stereocenters. The first-order chi connectivity index (χ1) is 45.1.